The van der Waals surface area contributed by atoms with Gasteiger partial charge in [-0.2, -0.15) is 0 Å². The molecule has 0 saturated heterocycles. The lowest BCUT2D eigenvalue weighted by Crippen LogP contribution is -1.96. The number of halogens is 1. The van der Waals surface area contributed by atoms with E-state index in [4.69, 9.17) is 4.74 Å². The predicted molar refractivity (Wildman–Crippen MR) is 95.2 cm³/mol. The number of rotatable bonds is 8. The van der Waals surface area contributed by atoms with Crippen LogP contribution in [-0.4, -0.2) is 0 Å². The first-order valence-corrected chi connectivity index (χ1v) is 8.39. The molecule has 0 saturated carbocycles. The summed E-state index contributed by atoms with van der Waals surface area (Å²) in [5.41, 5.74) is 3.10. The number of aryl methyl sites for hydroxylation is 1. The van der Waals surface area contributed by atoms with Crippen molar-refractivity contribution < 1.29 is 9.13 Å². The highest BCUT2D eigenvalue weighted by molar-refractivity contribution is 5.59. The Labute approximate surface area is 138 Å². The van der Waals surface area contributed by atoms with Crippen molar-refractivity contribution in [2.75, 3.05) is 0 Å². The van der Waals surface area contributed by atoms with E-state index in [0.29, 0.717) is 12.2 Å². The molecule has 1 nitrogen and oxygen atoms in total. The summed E-state index contributed by atoms with van der Waals surface area (Å²) in [5, 5.41) is 0. The van der Waals surface area contributed by atoms with Crippen molar-refractivity contribution in [3.63, 3.8) is 0 Å². The highest BCUT2D eigenvalue weighted by atomic mass is 19.1. The molecule has 122 valence electrons. The zero-order valence-corrected chi connectivity index (χ0v) is 14.0. The van der Waals surface area contributed by atoms with Crippen LogP contribution in [-0.2, 0) is 13.0 Å². The van der Waals surface area contributed by atoms with Gasteiger partial charge in [0.2, 0.25) is 0 Å². The van der Waals surface area contributed by atoms with Gasteiger partial charge in [-0.15, -0.1) is 0 Å². The predicted octanol–water partition coefficient (Wildman–Crippen LogP) is 6.33. The summed E-state index contributed by atoms with van der Waals surface area (Å²) in [6, 6.07) is 15.7. The zero-order valence-electron chi connectivity index (χ0n) is 14.0. The van der Waals surface area contributed by atoms with Gasteiger partial charge in [0.05, 0.1) is 0 Å². The Hall–Kier alpha value is -2.09. The molecular weight excluding hydrogens is 287 g/mol. The number of unbranched alkanes of at least 4 members (excludes halogenated alkanes) is 1. The molecule has 0 aliphatic heterocycles. The molecule has 2 heteroatoms. The summed E-state index contributed by atoms with van der Waals surface area (Å²) in [4.78, 5) is 0. The molecule has 0 heterocycles. The highest BCUT2D eigenvalue weighted by Crippen LogP contribution is 2.21. The van der Waals surface area contributed by atoms with Gasteiger partial charge in [0.15, 0.2) is 0 Å². The van der Waals surface area contributed by atoms with Gasteiger partial charge in [-0.1, -0.05) is 51.0 Å². The van der Waals surface area contributed by atoms with Crippen LogP contribution in [0.25, 0.3) is 5.83 Å². The fraction of sp³-hybridized carbons (Fsp3) is 0.333. The number of ether oxygens (including phenoxy) is 1. The summed E-state index contributed by atoms with van der Waals surface area (Å²) >= 11 is 0. The van der Waals surface area contributed by atoms with Crippen molar-refractivity contribution in [3.8, 4) is 5.75 Å². The topological polar surface area (TPSA) is 9.23 Å². The van der Waals surface area contributed by atoms with Gasteiger partial charge in [0.25, 0.3) is 0 Å². The quantitative estimate of drug-likeness (QED) is 0.553. The van der Waals surface area contributed by atoms with Gasteiger partial charge in [0.1, 0.15) is 18.2 Å². The molecule has 0 aliphatic rings. The second kappa shape index (κ2) is 9.14. The van der Waals surface area contributed by atoms with E-state index in [1.54, 1.807) is 18.2 Å². The third-order valence-electron chi connectivity index (χ3n) is 3.71. The van der Waals surface area contributed by atoms with Crippen LogP contribution in [0.5, 0.6) is 5.75 Å². The molecule has 0 radical (unpaired) electrons. The minimum Gasteiger partial charge on any atom is -0.489 e. The molecule has 2 aromatic rings. The second-order valence-corrected chi connectivity index (χ2v) is 5.72. The van der Waals surface area contributed by atoms with E-state index in [1.807, 2.05) is 19.1 Å². The van der Waals surface area contributed by atoms with E-state index in [2.05, 4.69) is 31.2 Å². The fourth-order valence-electron chi connectivity index (χ4n) is 2.36. The third kappa shape index (κ3) is 5.55. The van der Waals surface area contributed by atoms with Gasteiger partial charge in [0, 0.05) is 5.56 Å². The fourth-order valence-corrected chi connectivity index (χ4v) is 2.36. The lowest BCUT2D eigenvalue weighted by Gasteiger charge is -2.08. The molecular formula is C21H25FO. The Kier molecular flexibility index (Phi) is 6.86. The highest BCUT2D eigenvalue weighted by Gasteiger charge is 2.01. The van der Waals surface area contributed by atoms with Gasteiger partial charge in [-0.05, 0) is 54.3 Å². The normalized spacial score (nSPS) is 11.5. The smallest absolute Gasteiger partial charge is 0.126 e. The zero-order chi connectivity index (χ0) is 16.5. The van der Waals surface area contributed by atoms with Crippen LogP contribution in [0, 0.1) is 0 Å². The van der Waals surface area contributed by atoms with Crippen LogP contribution in [0.3, 0.4) is 0 Å². The minimum absolute atomic E-state index is 0.162. The van der Waals surface area contributed by atoms with Crippen LogP contribution in [0.4, 0.5) is 4.39 Å². The summed E-state index contributed by atoms with van der Waals surface area (Å²) in [6.45, 7) is 4.75. The third-order valence-corrected chi connectivity index (χ3v) is 3.71. The maximum absolute atomic E-state index is 13.8. The van der Waals surface area contributed by atoms with Crippen molar-refractivity contribution >= 4 is 5.83 Å². The summed E-state index contributed by atoms with van der Waals surface area (Å²) < 4.78 is 19.6. The van der Waals surface area contributed by atoms with E-state index in [0.717, 1.165) is 37.0 Å². The van der Waals surface area contributed by atoms with Crippen molar-refractivity contribution in [1.29, 1.82) is 0 Å². The number of hydrogen-bond acceptors (Lipinski definition) is 1. The lowest BCUT2D eigenvalue weighted by atomic mass is 10.1. The summed E-state index contributed by atoms with van der Waals surface area (Å²) in [7, 11) is 0. The van der Waals surface area contributed by atoms with E-state index >= 15 is 0 Å². The Morgan fingerprint density at radius 1 is 0.913 bits per heavy atom. The molecule has 0 N–H and O–H groups in total. The molecule has 2 aromatic carbocycles. The number of allylic oxidation sites excluding steroid dienone is 1. The Balaban J connectivity index is 1.91. The molecule has 0 amide bonds. The first-order chi connectivity index (χ1) is 11.2. The van der Waals surface area contributed by atoms with Crippen LogP contribution in [0.15, 0.2) is 54.6 Å². The molecule has 2 rings (SSSR count). The standard InChI is InChI=1S/C21H25FO/c1-3-5-7-21(22)19-12-14-20(15-13-19)23-16-18-10-8-17(6-4-2)9-11-18/h7-15H,3-6,16H2,1-2H3/b21-7+. The summed E-state index contributed by atoms with van der Waals surface area (Å²) in [5.74, 6) is 0.597. The first kappa shape index (κ1) is 17.3. The van der Waals surface area contributed by atoms with Crippen LogP contribution >= 0.6 is 0 Å². The maximum atomic E-state index is 13.8. The van der Waals surface area contributed by atoms with Gasteiger partial charge in [-0.25, -0.2) is 4.39 Å². The van der Waals surface area contributed by atoms with Crippen LogP contribution in [0.1, 0.15) is 49.8 Å². The van der Waals surface area contributed by atoms with E-state index in [9.17, 15) is 4.39 Å². The van der Waals surface area contributed by atoms with E-state index in [1.165, 1.54) is 5.56 Å². The largest absolute Gasteiger partial charge is 0.489 e. The molecule has 23 heavy (non-hydrogen) atoms. The minimum atomic E-state index is -0.162. The van der Waals surface area contributed by atoms with Crippen molar-refractivity contribution in [1.82, 2.24) is 0 Å². The second-order valence-electron chi connectivity index (χ2n) is 5.72. The van der Waals surface area contributed by atoms with Gasteiger partial charge in [-0.3, -0.25) is 0 Å². The number of benzene rings is 2. The molecule has 0 aromatic heterocycles. The summed E-state index contributed by atoms with van der Waals surface area (Å²) in [6.07, 6.45) is 5.61. The molecule has 0 spiro atoms. The van der Waals surface area contributed by atoms with E-state index < -0.39 is 0 Å². The van der Waals surface area contributed by atoms with Crippen molar-refractivity contribution in [3.05, 3.63) is 71.3 Å². The Bertz CT molecular complexity index is 611. The lowest BCUT2D eigenvalue weighted by molar-refractivity contribution is 0.306. The number of hydrogen-bond donors (Lipinski definition) is 0. The molecule has 0 aliphatic carbocycles. The molecule has 0 fully saturated rings. The molecule has 0 unspecified atom stereocenters. The Morgan fingerprint density at radius 2 is 1.57 bits per heavy atom. The Morgan fingerprint density at radius 3 is 2.17 bits per heavy atom. The first-order valence-electron chi connectivity index (χ1n) is 8.39. The van der Waals surface area contributed by atoms with E-state index in [-0.39, 0.29) is 5.83 Å². The van der Waals surface area contributed by atoms with Crippen LogP contribution in [0.2, 0.25) is 0 Å². The van der Waals surface area contributed by atoms with Gasteiger partial charge < -0.3 is 4.74 Å². The SMILES string of the molecule is CCC/C=C(/F)c1ccc(OCc2ccc(CCC)cc2)cc1. The molecule has 0 atom stereocenters. The average Bonchev–Trinajstić information content (AvgIpc) is 2.60. The average molecular weight is 312 g/mol. The molecule has 0 bridgehead atoms. The van der Waals surface area contributed by atoms with Crippen molar-refractivity contribution in [2.24, 2.45) is 0 Å². The van der Waals surface area contributed by atoms with Crippen molar-refractivity contribution in [2.45, 2.75) is 46.1 Å². The maximum Gasteiger partial charge on any atom is 0.126 e. The van der Waals surface area contributed by atoms with Gasteiger partial charge >= 0.3 is 0 Å². The monoisotopic (exact) mass is 312 g/mol. The van der Waals surface area contributed by atoms with Crippen LogP contribution < -0.4 is 4.74 Å².